The van der Waals surface area contributed by atoms with Gasteiger partial charge in [0, 0.05) is 28.5 Å². The normalized spacial score (nSPS) is 12.4. The van der Waals surface area contributed by atoms with Crippen LogP contribution >= 0.6 is 24.0 Å². The highest BCUT2D eigenvalue weighted by Gasteiger charge is 1.97. The molecule has 1 rings (SSSR count). The summed E-state index contributed by atoms with van der Waals surface area (Å²) in [6, 6.07) is 7.49. The maximum absolute atomic E-state index is 11.2. The number of aliphatic imine (C=N–C) groups is 1. The zero-order valence-electron chi connectivity index (χ0n) is 10.3. The average Bonchev–Trinajstić information content (AvgIpc) is 2.34. The van der Waals surface area contributed by atoms with Gasteiger partial charge in [0.2, 0.25) is 0 Å². The molecule has 0 saturated heterocycles. The van der Waals surface area contributed by atoms with Gasteiger partial charge in [-0.2, -0.15) is 0 Å². The molecule has 0 aliphatic carbocycles. The molecule has 6 heteroatoms. The molecule has 3 N–H and O–H groups in total. The lowest BCUT2D eigenvalue weighted by Gasteiger charge is -2.03. The first-order valence-electron chi connectivity index (χ1n) is 5.20. The van der Waals surface area contributed by atoms with Crippen molar-refractivity contribution in [2.75, 3.05) is 12.8 Å². The molecule has 0 aliphatic heterocycles. The summed E-state index contributed by atoms with van der Waals surface area (Å²) in [5.74, 6) is 0.396. The Morgan fingerprint density at radius 2 is 2.11 bits per heavy atom. The fourth-order valence-electron chi connectivity index (χ4n) is 1.20. The fourth-order valence-corrected chi connectivity index (χ4v) is 1.71. The van der Waals surface area contributed by atoms with Crippen LogP contribution in [0.15, 0.2) is 46.8 Å². The van der Waals surface area contributed by atoms with E-state index in [2.05, 4.69) is 16.9 Å². The third-order valence-electron chi connectivity index (χ3n) is 2.11. The van der Waals surface area contributed by atoms with Gasteiger partial charge < -0.3 is 11.1 Å². The van der Waals surface area contributed by atoms with Gasteiger partial charge in [-0.1, -0.05) is 18.2 Å². The van der Waals surface area contributed by atoms with Crippen LogP contribution < -0.4 is 11.1 Å². The van der Waals surface area contributed by atoms with E-state index in [-0.39, 0.29) is 24.0 Å². The topological polar surface area (TPSA) is 67.5 Å². The molecule has 0 spiro atoms. The van der Waals surface area contributed by atoms with E-state index in [0.717, 1.165) is 10.5 Å². The largest absolute Gasteiger partial charge is 0.370 e. The van der Waals surface area contributed by atoms with Crippen LogP contribution in [0.2, 0.25) is 0 Å². The number of hydrogen-bond donors (Lipinski definition) is 2. The molecular formula is C12H18IN3OS. The summed E-state index contributed by atoms with van der Waals surface area (Å²) in [5, 5.41) is 2.89. The van der Waals surface area contributed by atoms with Crippen molar-refractivity contribution in [3.8, 4) is 0 Å². The molecule has 1 unspecified atom stereocenters. The maximum atomic E-state index is 11.2. The third-order valence-corrected chi connectivity index (χ3v) is 3.05. The van der Waals surface area contributed by atoms with Crippen LogP contribution in [0.3, 0.4) is 0 Å². The van der Waals surface area contributed by atoms with Crippen LogP contribution in [0.5, 0.6) is 0 Å². The van der Waals surface area contributed by atoms with Crippen molar-refractivity contribution in [2.45, 2.75) is 11.4 Å². The number of nitrogens with two attached hydrogens (primary N) is 1. The quantitative estimate of drug-likeness (QED) is 0.354. The first-order chi connectivity index (χ1) is 8.13. The van der Waals surface area contributed by atoms with Crippen molar-refractivity contribution in [1.29, 1.82) is 0 Å². The van der Waals surface area contributed by atoms with Crippen molar-refractivity contribution >= 4 is 40.7 Å². The minimum Gasteiger partial charge on any atom is -0.370 e. The minimum absolute atomic E-state index is 0. The Bertz CT molecular complexity index is 431. The van der Waals surface area contributed by atoms with Gasteiger partial charge in [0.15, 0.2) is 5.96 Å². The highest BCUT2D eigenvalue weighted by atomic mass is 127. The SMILES string of the molecule is C=CCNC(N)=NCc1ccc(S(C)=O)cc1.I. The van der Waals surface area contributed by atoms with Crippen LogP contribution in [-0.4, -0.2) is 23.0 Å². The molecule has 100 valence electrons. The molecule has 0 saturated carbocycles. The van der Waals surface area contributed by atoms with Gasteiger partial charge in [-0.25, -0.2) is 4.99 Å². The average molecular weight is 379 g/mol. The molecule has 0 aromatic heterocycles. The van der Waals surface area contributed by atoms with Crippen molar-refractivity contribution in [3.05, 3.63) is 42.5 Å². The number of nitrogens with one attached hydrogen (secondary N) is 1. The molecular weight excluding hydrogens is 361 g/mol. The summed E-state index contributed by atoms with van der Waals surface area (Å²) >= 11 is 0. The van der Waals surface area contributed by atoms with E-state index in [0.29, 0.717) is 19.0 Å². The molecule has 0 aliphatic rings. The molecule has 0 fully saturated rings. The zero-order chi connectivity index (χ0) is 12.7. The van der Waals surface area contributed by atoms with E-state index in [1.165, 1.54) is 0 Å². The Hall–Kier alpha value is -0.890. The monoisotopic (exact) mass is 379 g/mol. The molecule has 0 amide bonds. The lowest BCUT2D eigenvalue weighted by molar-refractivity contribution is 0.687. The Kier molecular flexibility index (Phi) is 8.65. The molecule has 0 heterocycles. The number of benzene rings is 1. The first-order valence-corrected chi connectivity index (χ1v) is 6.76. The molecule has 1 atom stereocenters. The van der Waals surface area contributed by atoms with Gasteiger partial charge in [0.1, 0.15) is 0 Å². The second-order valence-corrected chi connectivity index (χ2v) is 4.85. The van der Waals surface area contributed by atoms with Gasteiger partial charge in [0.25, 0.3) is 0 Å². The van der Waals surface area contributed by atoms with Crippen molar-refractivity contribution in [3.63, 3.8) is 0 Å². The number of halogens is 1. The Morgan fingerprint density at radius 3 is 2.61 bits per heavy atom. The molecule has 0 radical (unpaired) electrons. The second-order valence-electron chi connectivity index (χ2n) is 3.47. The zero-order valence-corrected chi connectivity index (χ0v) is 13.4. The predicted octanol–water partition coefficient (Wildman–Crippen LogP) is 1.63. The first kappa shape index (κ1) is 17.1. The highest BCUT2D eigenvalue weighted by molar-refractivity contribution is 14.0. The van der Waals surface area contributed by atoms with Gasteiger partial charge in [-0.3, -0.25) is 4.21 Å². The number of guanidine groups is 1. The number of hydrogen-bond acceptors (Lipinski definition) is 2. The number of nitrogens with zero attached hydrogens (tertiary/aromatic N) is 1. The molecule has 4 nitrogen and oxygen atoms in total. The van der Waals surface area contributed by atoms with Crippen molar-refractivity contribution in [2.24, 2.45) is 10.7 Å². The summed E-state index contributed by atoms with van der Waals surface area (Å²) in [6.07, 6.45) is 3.37. The van der Waals surface area contributed by atoms with Crippen molar-refractivity contribution in [1.82, 2.24) is 5.32 Å². The van der Waals surface area contributed by atoms with Crippen LogP contribution in [0.4, 0.5) is 0 Å². The van der Waals surface area contributed by atoms with Crippen LogP contribution in [-0.2, 0) is 17.3 Å². The van der Waals surface area contributed by atoms with E-state index < -0.39 is 10.8 Å². The van der Waals surface area contributed by atoms with Crippen LogP contribution in [0.25, 0.3) is 0 Å². The molecule has 1 aromatic rings. The highest BCUT2D eigenvalue weighted by Crippen LogP contribution is 2.08. The van der Waals surface area contributed by atoms with Gasteiger partial charge in [-0.05, 0) is 17.7 Å². The second kappa shape index (κ2) is 9.09. The van der Waals surface area contributed by atoms with Gasteiger partial charge in [-0.15, -0.1) is 30.6 Å². The standard InChI is InChI=1S/C12H17N3OS.HI/c1-3-8-14-12(13)15-9-10-4-6-11(7-5-10)17(2)16;/h3-7H,1,8-9H2,2H3,(H3,13,14,15);1H. The summed E-state index contributed by atoms with van der Waals surface area (Å²) in [4.78, 5) is 4.98. The van der Waals surface area contributed by atoms with E-state index in [9.17, 15) is 4.21 Å². The van der Waals surface area contributed by atoms with Crippen LogP contribution in [0.1, 0.15) is 5.56 Å². The molecule has 18 heavy (non-hydrogen) atoms. The summed E-state index contributed by atoms with van der Waals surface area (Å²) in [6.45, 7) is 4.68. The molecule has 0 bridgehead atoms. The third kappa shape index (κ3) is 6.15. The Labute approximate surface area is 127 Å². The van der Waals surface area contributed by atoms with Gasteiger partial charge in [0.05, 0.1) is 6.54 Å². The summed E-state index contributed by atoms with van der Waals surface area (Å²) in [5.41, 5.74) is 6.66. The van der Waals surface area contributed by atoms with E-state index in [4.69, 9.17) is 5.73 Å². The minimum atomic E-state index is -0.938. The van der Waals surface area contributed by atoms with Crippen molar-refractivity contribution < 1.29 is 4.21 Å². The lowest BCUT2D eigenvalue weighted by atomic mass is 10.2. The lowest BCUT2D eigenvalue weighted by Crippen LogP contribution is -2.31. The van der Waals surface area contributed by atoms with Crippen LogP contribution in [0, 0.1) is 0 Å². The summed E-state index contributed by atoms with van der Waals surface area (Å²) < 4.78 is 11.2. The Balaban J connectivity index is 0.00000289. The Morgan fingerprint density at radius 1 is 1.50 bits per heavy atom. The smallest absolute Gasteiger partial charge is 0.189 e. The fraction of sp³-hybridized carbons (Fsp3) is 0.250. The number of rotatable bonds is 5. The maximum Gasteiger partial charge on any atom is 0.189 e. The molecule has 1 aromatic carbocycles. The van der Waals surface area contributed by atoms with E-state index in [1.54, 1.807) is 12.3 Å². The predicted molar refractivity (Wildman–Crippen MR) is 87.7 cm³/mol. The van der Waals surface area contributed by atoms with E-state index in [1.807, 2.05) is 24.3 Å². The van der Waals surface area contributed by atoms with Gasteiger partial charge >= 0.3 is 0 Å². The van der Waals surface area contributed by atoms with E-state index >= 15 is 0 Å². The summed E-state index contributed by atoms with van der Waals surface area (Å²) in [7, 11) is -0.938.